The highest BCUT2D eigenvalue weighted by Gasteiger charge is 2.13. The van der Waals surface area contributed by atoms with Gasteiger partial charge in [0, 0.05) is 0 Å². The maximum atomic E-state index is 10.6. The third kappa shape index (κ3) is 1.81. The van der Waals surface area contributed by atoms with Gasteiger partial charge in [-0.1, -0.05) is 0 Å². The van der Waals surface area contributed by atoms with Crippen molar-refractivity contribution in [2.24, 2.45) is 0 Å². The minimum absolute atomic E-state index is 0.0856. The summed E-state index contributed by atoms with van der Waals surface area (Å²) in [6, 6.07) is 1.79. The lowest BCUT2D eigenvalue weighted by Crippen LogP contribution is -2.07. The molecule has 0 atom stereocenters. The molecule has 0 saturated carbocycles. The van der Waals surface area contributed by atoms with E-state index in [4.69, 9.17) is 10.4 Å². The predicted octanol–water partition coefficient (Wildman–Crippen LogP) is 1.12. The average Bonchev–Trinajstić information content (AvgIpc) is 2.07. The number of carboxylic acid groups (broad SMARTS) is 1. The first-order valence-electron chi connectivity index (χ1n) is 3.23. The molecule has 0 radical (unpaired) electrons. The van der Waals surface area contributed by atoms with Crippen LogP contribution >= 0.6 is 15.9 Å². The topological polar surface area (TPSA) is 86.9 Å². The van der Waals surface area contributed by atoms with Gasteiger partial charge >= 0.3 is 5.97 Å². The molecule has 1 N–H and O–H groups in total. The van der Waals surface area contributed by atoms with Gasteiger partial charge in [0.1, 0.15) is 10.7 Å². The Kier molecular flexibility index (Phi) is 2.58. The number of aryl methyl sites for hydroxylation is 1. The fraction of sp³-hybridized carbons (Fsp3) is 0.143. The summed E-state index contributed by atoms with van der Waals surface area (Å²) in [4.78, 5) is 18.0. The Morgan fingerprint density at radius 3 is 2.69 bits per heavy atom. The number of aromatic carboxylic acids is 1. The number of rotatable bonds is 1. The molecule has 0 amide bonds. The van der Waals surface area contributed by atoms with Gasteiger partial charge < -0.3 is 5.11 Å². The lowest BCUT2D eigenvalue weighted by atomic mass is 10.3. The number of hydrogen-bond donors (Lipinski definition) is 1. The zero-order valence-electron chi connectivity index (χ0n) is 6.58. The summed E-state index contributed by atoms with van der Waals surface area (Å²) in [5, 5.41) is 17.2. The second-order valence-electron chi connectivity index (χ2n) is 2.21. The third-order valence-corrected chi connectivity index (χ3v) is 1.89. The van der Waals surface area contributed by atoms with Crippen molar-refractivity contribution in [3.8, 4) is 6.07 Å². The van der Waals surface area contributed by atoms with Crippen LogP contribution in [0.25, 0.3) is 0 Å². The van der Waals surface area contributed by atoms with Crippen LogP contribution in [0.1, 0.15) is 21.9 Å². The van der Waals surface area contributed by atoms with Crippen LogP contribution in [0.15, 0.2) is 4.60 Å². The summed E-state index contributed by atoms with van der Waals surface area (Å²) in [5.74, 6) is -1.16. The van der Waals surface area contributed by atoms with Crippen molar-refractivity contribution >= 4 is 21.9 Å². The quantitative estimate of drug-likeness (QED) is 0.797. The van der Waals surface area contributed by atoms with Crippen LogP contribution < -0.4 is 0 Å². The summed E-state index contributed by atoms with van der Waals surface area (Å²) in [7, 11) is 0. The lowest BCUT2D eigenvalue weighted by Gasteiger charge is -2.00. The number of halogens is 1. The Bertz CT molecular complexity index is 411. The van der Waals surface area contributed by atoms with Gasteiger partial charge in [-0.25, -0.2) is 14.8 Å². The Balaban J connectivity index is 3.39. The van der Waals surface area contributed by atoms with E-state index >= 15 is 0 Å². The molecule has 0 bridgehead atoms. The highest BCUT2D eigenvalue weighted by atomic mass is 79.9. The predicted molar refractivity (Wildman–Crippen MR) is 46.1 cm³/mol. The molecule has 13 heavy (non-hydrogen) atoms. The summed E-state index contributed by atoms with van der Waals surface area (Å²) >= 11 is 2.95. The van der Waals surface area contributed by atoms with E-state index in [1.807, 2.05) is 0 Å². The number of hydrogen-bond acceptors (Lipinski definition) is 4. The minimum atomic E-state index is -1.16. The van der Waals surface area contributed by atoms with E-state index in [2.05, 4.69) is 25.9 Å². The summed E-state index contributed by atoms with van der Waals surface area (Å²) < 4.78 is 0.151. The first kappa shape index (κ1) is 9.61. The third-order valence-electron chi connectivity index (χ3n) is 1.34. The van der Waals surface area contributed by atoms with Gasteiger partial charge in [-0.15, -0.1) is 0 Å². The normalized spacial score (nSPS) is 9.31. The molecule has 6 heteroatoms. The fourth-order valence-electron chi connectivity index (χ4n) is 0.773. The summed E-state index contributed by atoms with van der Waals surface area (Å²) in [5.41, 5.74) is 0.167. The molecule has 5 nitrogen and oxygen atoms in total. The monoisotopic (exact) mass is 241 g/mol. The van der Waals surface area contributed by atoms with Crippen LogP contribution in [0.4, 0.5) is 0 Å². The number of carboxylic acids is 1. The van der Waals surface area contributed by atoms with Gasteiger partial charge in [0.15, 0.2) is 11.4 Å². The van der Waals surface area contributed by atoms with Crippen LogP contribution in [-0.2, 0) is 0 Å². The largest absolute Gasteiger partial charge is 0.476 e. The Labute approximate surface area is 82.2 Å². The van der Waals surface area contributed by atoms with Gasteiger partial charge in [-0.2, -0.15) is 5.26 Å². The Morgan fingerprint density at radius 1 is 1.62 bits per heavy atom. The molecule has 1 aromatic rings. The maximum Gasteiger partial charge on any atom is 0.356 e. The lowest BCUT2D eigenvalue weighted by molar-refractivity contribution is 0.0688. The molecule has 1 rings (SSSR count). The van der Waals surface area contributed by atoms with E-state index in [0.29, 0.717) is 0 Å². The Hall–Kier alpha value is -1.48. The first-order chi connectivity index (χ1) is 6.06. The second kappa shape index (κ2) is 3.49. The van der Waals surface area contributed by atoms with Gasteiger partial charge in [-0.3, -0.25) is 0 Å². The molecule has 0 aliphatic carbocycles. The molecular weight excluding hydrogens is 238 g/mol. The van der Waals surface area contributed by atoms with Crippen molar-refractivity contribution in [2.45, 2.75) is 6.92 Å². The van der Waals surface area contributed by atoms with Crippen molar-refractivity contribution < 1.29 is 9.90 Å². The molecule has 66 valence electrons. The smallest absolute Gasteiger partial charge is 0.356 e. The van der Waals surface area contributed by atoms with Crippen molar-refractivity contribution in [3.05, 3.63) is 21.7 Å². The molecule has 1 heterocycles. The van der Waals surface area contributed by atoms with Gasteiger partial charge in [-0.05, 0) is 22.9 Å². The van der Waals surface area contributed by atoms with Gasteiger partial charge in [0.05, 0.1) is 5.69 Å². The molecule has 0 aliphatic rings. The summed E-state index contributed by atoms with van der Waals surface area (Å²) in [6.45, 7) is 1.49. The van der Waals surface area contributed by atoms with Crippen LogP contribution in [0.5, 0.6) is 0 Å². The minimum Gasteiger partial charge on any atom is -0.476 e. The Morgan fingerprint density at radius 2 is 2.23 bits per heavy atom. The number of carbonyl (C=O) groups is 1. The maximum absolute atomic E-state index is 10.6. The molecule has 1 aromatic heterocycles. The number of aromatic nitrogens is 2. The van der Waals surface area contributed by atoms with Crippen molar-refractivity contribution in [1.29, 1.82) is 5.26 Å². The van der Waals surface area contributed by atoms with E-state index in [0.717, 1.165) is 0 Å². The number of nitriles is 1. The molecule has 0 aromatic carbocycles. The van der Waals surface area contributed by atoms with Gasteiger partial charge in [0.2, 0.25) is 0 Å². The van der Waals surface area contributed by atoms with Crippen LogP contribution in [0, 0.1) is 18.3 Å². The molecule has 0 spiro atoms. The van der Waals surface area contributed by atoms with E-state index in [9.17, 15) is 4.79 Å². The fourth-order valence-corrected chi connectivity index (χ4v) is 1.13. The highest BCUT2D eigenvalue weighted by Crippen LogP contribution is 2.13. The van der Waals surface area contributed by atoms with Crippen LogP contribution in [0.2, 0.25) is 0 Å². The molecule has 0 fully saturated rings. The molecular formula is C7H4BrN3O2. The van der Waals surface area contributed by atoms with E-state index in [1.165, 1.54) is 6.92 Å². The SMILES string of the molecule is Cc1nc(C#N)c(Br)nc1C(=O)O. The molecule has 0 aliphatic heterocycles. The number of nitrogens with zero attached hydrogens (tertiary/aromatic N) is 3. The van der Waals surface area contributed by atoms with Gasteiger partial charge in [0.25, 0.3) is 0 Å². The zero-order chi connectivity index (χ0) is 10.0. The zero-order valence-corrected chi connectivity index (χ0v) is 8.16. The van der Waals surface area contributed by atoms with E-state index in [1.54, 1.807) is 6.07 Å². The van der Waals surface area contributed by atoms with E-state index in [-0.39, 0.29) is 21.7 Å². The van der Waals surface area contributed by atoms with Crippen LogP contribution in [0.3, 0.4) is 0 Å². The standard InChI is InChI=1S/C7H4BrN3O2/c1-3-5(7(12)13)11-6(8)4(2-9)10-3/h1H3,(H,12,13). The molecule has 0 saturated heterocycles. The summed E-state index contributed by atoms with van der Waals surface area (Å²) in [6.07, 6.45) is 0. The molecule has 0 unspecified atom stereocenters. The van der Waals surface area contributed by atoms with E-state index < -0.39 is 5.97 Å². The van der Waals surface area contributed by atoms with Crippen molar-refractivity contribution in [2.75, 3.05) is 0 Å². The first-order valence-corrected chi connectivity index (χ1v) is 4.03. The average molecular weight is 242 g/mol. The van der Waals surface area contributed by atoms with Crippen molar-refractivity contribution in [3.63, 3.8) is 0 Å². The second-order valence-corrected chi connectivity index (χ2v) is 2.97. The highest BCUT2D eigenvalue weighted by molar-refractivity contribution is 9.10. The van der Waals surface area contributed by atoms with Crippen molar-refractivity contribution in [1.82, 2.24) is 9.97 Å². The van der Waals surface area contributed by atoms with Crippen LogP contribution in [-0.4, -0.2) is 21.0 Å².